The standard InChI is InChI=1S/C24H27N5O3S2/c30-23(17-33-24-27-21-11-4-3-10-20(21)22-12-13-25-29(22)24)26-18-8-7-9-19(16-18)34(31,32)28-14-5-1-2-6-15-28/h3-4,7-11,13,16,22H,1-2,5-6,12,14-15,17H2,(H,26,30)/t22-/m0/s1. The second kappa shape index (κ2) is 9.89. The molecular weight excluding hydrogens is 470 g/mol. The van der Waals surface area contributed by atoms with E-state index in [1.165, 1.54) is 17.8 Å². The van der Waals surface area contributed by atoms with Gasteiger partial charge in [0.25, 0.3) is 0 Å². The first kappa shape index (κ1) is 23.1. The summed E-state index contributed by atoms with van der Waals surface area (Å²) in [5.41, 5.74) is 2.51. The quantitative estimate of drug-likeness (QED) is 0.663. The zero-order valence-electron chi connectivity index (χ0n) is 18.8. The van der Waals surface area contributed by atoms with Crippen molar-refractivity contribution in [1.29, 1.82) is 0 Å². The predicted molar refractivity (Wildman–Crippen MR) is 136 cm³/mol. The Labute approximate surface area is 204 Å². The van der Waals surface area contributed by atoms with Gasteiger partial charge in [-0.1, -0.05) is 48.9 Å². The number of fused-ring (bicyclic) bond motifs is 3. The molecule has 10 heteroatoms. The number of anilines is 1. The molecule has 34 heavy (non-hydrogen) atoms. The maximum Gasteiger partial charge on any atom is 0.243 e. The van der Waals surface area contributed by atoms with E-state index in [1.54, 1.807) is 22.5 Å². The molecule has 3 aliphatic rings. The molecule has 8 nitrogen and oxygen atoms in total. The first-order valence-electron chi connectivity index (χ1n) is 11.5. The van der Waals surface area contributed by atoms with Crippen molar-refractivity contribution in [3.8, 4) is 0 Å². The zero-order valence-corrected chi connectivity index (χ0v) is 20.4. The molecule has 0 aliphatic carbocycles. The summed E-state index contributed by atoms with van der Waals surface area (Å²) in [5.74, 6) is -0.0846. The number of nitrogens with one attached hydrogen (secondary N) is 1. The number of para-hydroxylation sites is 1. The van der Waals surface area contributed by atoms with Crippen molar-refractivity contribution in [2.24, 2.45) is 10.1 Å². The van der Waals surface area contributed by atoms with Crippen molar-refractivity contribution in [1.82, 2.24) is 9.31 Å². The maximum absolute atomic E-state index is 13.1. The molecule has 0 spiro atoms. The van der Waals surface area contributed by atoms with E-state index in [9.17, 15) is 13.2 Å². The summed E-state index contributed by atoms with van der Waals surface area (Å²) < 4.78 is 27.7. The van der Waals surface area contributed by atoms with Crippen LogP contribution < -0.4 is 5.32 Å². The first-order chi connectivity index (χ1) is 16.5. The lowest BCUT2D eigenvalue weighted by Crippen LogP contribution is -2.32. The van der Waals surface area contributed by atoms with Gasteiger partial charge >= 0.3 is 0 Å². The summed E-state index contributed by atoms with van der Waals surface area (Å²) in [6, 6.07) is 14.6. The number of hydrogen-bond donors (Lipinski definition) is 1. The SMILES string of the molecule is O=C(CSC1=Nc2ccccc2[C@@H]2CC=NN12)Nc1cccc(S(=O)(=O)N2CCCCCC2)c1. The molecule has 2 aromatic rings. The fourth-order valence-electron chi connectivity index (χ4n) is 4.47. The normalized spacial score (nSPS) is 20.3. The number of rotatable bonds is 5. The van der Waals surface area contributed by atoms with E-state index in [4.69, 9.17) is 4.99 Å². The van der Waals surface area contributed by atoms with Gasteiger partial charge in [0, 0.05) is 37.0 Å². The largest absolute Gasteiger partial charge is 0.325 e. The van der Waals surface area contributed by atoms with Gasteiger partial charge in [0.15, 0.2) is 5.17 Å². The molecule has 178 valence electrons. The topological polar surface area (TPSA) is 94.4 Å². The van der Waals surface area contributed by atoms with Crippen molar-refractivity contribution >= 4 is 50.4 Å². The highest BCUT2D eigenvalue weighted by Crippen LogP contribution is 2.40. The van der Waals surface area contributed by atoms with Crippen molar-refractivity contribution in [3.05, 3.63) is 54.1 Å². The van der Waals surface area contributed by atoms with Crippen LogP contribution in [0.4, 0.5) is 11.4 Å². The lowest BCUT2D eigenvalue weighted by atomic mass is 10.0. The number of carbonyl (C=O) groups excluding carboxylic acids is 1. The second-order valence-electron chi connectivity index (χ2n) is 8.53. The van der Waals surface area contributed by atoms with E-state index >= 15 is 0 Å². The van der Waals surface area contributed by atoms with Crippen molar-refractivity contribution < 1.29 is 13.2 Å². The van der Waals surface area contributed by atoms with Crippen LogP contribution in [0.5, 0.6) is 0 Å². The summed E-state index contributed by atoms with van der Waals surface area (Å²) in [7, 11) is -3.58. The van der Waals surface area contributed by atoms with Crippen LogP contribution in [-0.2, 0) is 14.8 Å². The van der Waals surface area contributed by atoms with E-state index in [0.717, 1.165) is 43.4 Å². The number of sulfonamides is 1. The molecule has 2 aromatic carbocycles. The molecule has 0 radical (unpaired) electrons. The number of thioether (sulfide) groups is 1. The smallest absolute Gasteiger partial charge is 0.243 e. The molecule has 1 atom stereocenters. The Morgan fingerprint density at radius 3 is 2.68 bits per heavy atom. The van der Waals surface area contributed by atoms with Gasteiger partial charge < -0.3 is 5.32 Å². The molecule has 5 rings (SSSR count). The number of nitrogens with zero attached hydrogens (tertiary/aromatic N) is 4. The van der Waals surface area contributed by atoms with Crippen molar-refractivity contribution in [3.63, 3.8) is 0 Å². The summed E-state index contributed by atoms with van der Waals surface area (Å²) in [5, 5.41) is 9.83. The molecule has 0 unspecified atom stereocenters. The summed E-state index contributed by atoms with van der Waals surface area (Å²) >= 11 is 1.32. The van der Waals surface area contributed by atoms with Gasteiger partial charge in [-0.05, 0) is 37.1 Å². The van der Waals surface area contributed by atoms with Gasteiger partial charge in [0.05, 0.1) is 22.4 Å². The highest BCUT2D eigenvalue weighted by molar-refractivity contribution is 8.14. The third-order valence-corrected chi connectivity index (χ3v) is 9.03. The summed E-state index contributed by atoms with van der Waals surface area (Å²) in [6.45, 7) is 1.08. The molecular formula is C24H27N5O3S2. The van der Waals surface area contributed by atoms with Crippen LogP contribution in [0.2, 0.25) is 0 Å². The number of hydrazone groups is 1. The van der Waals surface area contributed by atoms with Crippen LogP contribution in [-0.4, -0.2) is 53.9 Å². The average Bonchev–Trinajstić information content (AvgIpc) is 3.17. The molecule has 1 N–H and O–H groups in total. The fourth-order valence-corrected chi connectivity index (χ4v) is 6.84. The molecule has 1 fully saturated rings. The molecule has 0 aromatic heterocycles. The minimum Gasteiger partial charge on any atom is -0.325 e. The summed E-state index contributed by atoms with van der Waals surface area (Å²) in [4.78, 5) is 17.6. The highest BCUT2D eigenvalue weighted by Gasteiger charge is 2.32. The lowest BCUT2D eigenvalue weighted by molar-refractivity contribution is -0.113. The average molecular weight is 498 g/mol. The zero-order chi connectivity index (χ0) is 23.5. The van der Waals surface area contributed by atoms with Crippen LogP contribution in [0.1, 0.15) is 43.7 Å². The Morgan fingerprint density at radius 2 is 1.85 bits per heavy atom. The highest BCUT2D eigenvalue weighted by atomic mass is 32.2. The first-order valence-corrected chi connectivity index (χ1v) is 14.0. The van der Waals surface area contributed by atoms with Crippen LogP contribution in [0.25, 0.3) is 0 Å². The van der Waals surface area contributed by atoms with E-state index in [-0.39, 0.29) is 22.6 Å². The van der Waals surface area contributed by atoms with Crippen molar-refractivity contribution in [2.75, 3.05) is 24.2 Å². The Bertz CT molecular complexity index is 1240. The summed E-state index contributed by atoms with van der Waals surface area (Å²) in [6.07, 6.45) is 6.55. The molecule has 3 aliphatic heterocycles. The Kier molecular flexibility index (Phi) is 6.71. The molecule has 1 saturated heterocycles. The second-order valence-corrected chi connectivity index (χ2v) is 11.4. The number of benzene rings is 2. The number of hydrogen-bond acceptors (Lipinski definition) is 7. The Morgan fingerprint density at radius 1 is 1.06 bits per heavy atom. The maximum atomic E-state index is 13.1. The number of aliphatic imine (C=N–C) groups is 1. The number of amidine groups is 1. The molecule has 0 saturated carbocycles. The Balaban J connectivity index is 1.25. The van der Waals surface area contributed by atoms with E-state index < -0.39 is 10.0 Å². The Hall–Kier alpha value is -2.69. The van der Waals surface area contributed by atoms with Crippen LogP contribution in [0.3, 0.4) is 0 Å². The minimum absolute atomic E-state index is 0.111. The monoisotopic (exact) mass is 497 g/mol. The fraction of sp³-hybridized carbons (Fsp3) is 0.375. The van der Waals surface area contributed by atoms with Gasteiger partial charge in [0.1, 0.15) is 0 Å². The molecule has 3 heterocycles. The van der Waals surface area contributed by atoms with Crippen LogP contribution in [0.15, 0.2) is 63.5 Å². The van der Waals surface area contributed by atoms with Gasteiger partial charge in [-0.2, -0.15) is 9.41 Å². The molecule has 1 amide bonds. The third kappa shape index (κ3) is 4.75. The van der Waals surface area contributed by atoms with E-state index in [2.05, 4.69) is 16.5 Å². The number of amides is 1. The molecule has 0 bridgehead atoms. The van der Waals surface area contributed by atoms with Gasteiger partial charge in [-0.15, -0.1) is 0 Å². The number of carbonyl (C=O) groups is 1. The van der Waals surface area contributed by atoms with Gasteiger partial charge in [-0.3, -0.25) is 4.79 Å². The van der Waals surface area contributed by atoms with Crippen molar-refractivity contribution in [2.45, 2.75) is 43.0 Å². The van der Waals surface area contributed by atoms with E-state index in [0.29, 0.717) is 23.9 Å². The lowest BCUT2D eigenvalue weighted by Gasteiger charge is -2.29. The van der Waals surface area contributed by atoms with Gasteiger partial charge in [0.2, 0.25) is 15.9 Å². The third-order valence-electron chi connectivity index (χ3n) is 6.19. The van der Waals surface area contributed by atoms with Crippen LogP contribution >= 0.6 is 11.8 Å². The van der Waals surface area contributed by atoms with Gasteiger partial charge in [-0.25, -0.2) is 18.4 Å². The minimum atomic E-state index is -3.58. The van der Waals surface area contributed by atoms with Crippen LogP contribution in [0, 0.1) is 0 Å². The predicted octanol–water partition coefficient (Wildman–Crippen LogP) is 4.36. The van der Waals surface area contributed by atoms with E-state index in [1.807, 2.05) is 29.4 Å².